The van der Waals surface area contributed by atoms with Crippen LogP contribution >= 0.6 is 0 Å². The summed E-state index contributed by atoms with van der Waals surface area (Å²) in [4.78, 5) is 21.7. The third kappa shape index (κ3) is 0.752. The third-order valence-electron chi connectivity index (χ3n) is 3.15. The molecule has 0 aromatic carbocycles. The van der Waals surface area contributed by atoms with Crippen LogP contribution in [0.2, 0.25) is 0 Å². The first-order chi connectivity index (χ1) is 6.28. The summed E-state index contributed by atoms with van der Waals surface area (Å²) < 4.78 is 4.71. The van der Waals surface area contributed by atoms with Gasteiger partial charge in [-0.25, -0.2) is 14.6 Å². The van der Waals surface area contributed by atoms with E-state index in [2.05, 4.69) is 0 Å². The van der Waals surface area contributed by atoms with Crippen molar-refractivity contribution in [1.82, 2.24) is 0 Å². The van der Waals surface area contributed by atoms with Gasteiger partial charge in [-0.2, -0.15) is 0 Å². The number of hydrogen-bond acceptors (Lipinski definition) is 4. The first kappa shape index (κ1) is 7.53. The second-order valence-corrected chi connectivity index (χ2v) is 3.79. The lowest BCUT2D eigenvalue weighted by molar-refractivity contribution is -0.391. The number of esters is 1. The van der Waals surface area contributed by atoms with Gasteiger partial charge in [0.1, 0.15) is 6.10 Å². The maximum absolute atomic E-state index is 11.5. The molecule has 0 radical (unpaired) electrons. The quantitative estimate of drug-likeness (QED) is 0.335. The monoisotopic (exact) mass is 182 g/mol. The van der Waals surface area contributed by atoms with Gasteiger partial charge < -0.3 is 4.74 Å². The van der Waals surface area contributed by atoms with Gasteiger partial charge in [0.05, 0.1) is 7.11 Å². The Morgan fingerprint density at radius 2 is 2.54 bits per heavy atom. The summed E-state index contributed by atoms with van der Waals surface area (Å²) in [5.41, 5.74) is -0.936. The first-order valence-corrected chi connectivity index (χ1v) is 4.40. The second-order valence-electron chi connectivity index (χ2n) is 3.79. The molecule has 0 amide bonds. The van der Waals surface area contributed by atoms with E-state index < -0.39 is 5.60 Å². The highest BCUT2D eigenvalue weighted by Crippen LogP contribution is 2.58. The fraction of sp³-hybridized carbons (Fsp3) is 0.667. The highest BCUT2D eigenvalue weighted by Gasteiger charge is 2.67. The molecule has 4 nitrogen and oxygen atoms in total. The van der Waals surface area contributed by atoms with Gasteiger partial charge in [-0.3, -0.25) is 0 Å². The van der Waals surface area contributed by atoms with Crippen molar-refractivity contribution in [3.05, 3.63) is 12.2 Å². The molecule has 2 aliphatic carbocycles. The van der Waals surface area contributed by atoms with Gasteiger partial charge in [0.2, 0.25) is 5.60 Å². The van der Waals surface area contributed by atoms with E-state index in [1.165, 1.54) is 7.11 Å². The predicted octanol–water partition coefficient (Wildman–Crippen LogP) is 0.434. The van der Waals surface area contributed by atoms with Crippen LogP contribution in [-0.4, -0.2) is 24.8 Å². The zero-order valence-corrected chi connectivity index (χ0v) is 7.23. The maximum atomic E-state index is 11.5. The minimum atomic E-state index is -0.936. The lowest BCUT2D eigenvalue weighted by Crippen LogP contribution is -2.51. The van der Waals surface area contributed by atoms with Crippen LogP contribution in [0, 0.1) is 11.8 Å². The van der Waals surface area contributed by atoms with Crippen LogP contribution < -0.4 is 0 Å². The molecule has 4 heteroatoms. The molecular formula is C9H10O4. The molecule has 2 fully saturated rings. The summed E-state index contributed by atoms with van der Waals surface area (Å²) in [6.07, 6.45) is 4.72. The second kappa shape index (κ2) is 2.13. The molecule has 4 rings (SSSR count). The number of rotatable bonds is 1. The van der Waals surface area contributed by atoms with Gasteiger partial charge >= 0.3 is 5.97 Å². The summed E-state index contributed by atoms with van der Waals surface area (Å²) in [5.74, 6) is 0.371. The highest BCUT2D eigenvalue weighted by molar-refractivity contribution is 5.83. The van der Waals surface area contributed by atoms with E-state index in [9.17, 15) is 4.79 Å². The van der Waals surface area contributed by atoms with Crippen LogP contribution in [-0.2, 0) is 19.3 Å². The molecule has 70 valence electrons. The topological polar surface area (TPSA) is 44.8 Å². The molecule has 4 aliphatic rings. The van der Waals surface area contributed by atoms with Crippen molar-refractivity contribution >= 4 is 5.97 Å². The van der Waals surface area contributed by atoms with Gasteiger partial charge in [0.25, 0.3) is 0 Å². The maximum Gasteiger partial charge on any atom is 0.345 e. The van der Waals surface area contributed by atoms with E-state index in [-0.39, 0.29) is 18.0 Å². The van der Waals surface area contributed by atoms with Crippen molar-refractivity contribution in [2.45, 2.75) is 18.1 Å². The smallest absolute Gasteiger partial charge is 0.345 e. The Morgan fingerprint density at radius 3 is 3.15 bits per heavy atom. The standard InChI is InChI=1S/C9H10O4/c1-11-8(10)9-3-2-7(12-13-9)5-4-6(5)9/h2-3,5-7H,4H2,1H3/t5?,6?,7-,9+/m1/s1. The van der Waals surface area contributed by atoms with E-state index in [0.29, 0.717) is 5.92 Å². The molecular weight excluding hydrogens is 172 g/mol. The lowest BCUT2D eigenvalue weighted by atomic mass is 9.88. The molecule has 1 saturated carbocycles. The molecule has 0 spiro atoms. The lowest BCUT2D eigenvalue weighted by Gasteiger charge is -2.37. The number of carbonyl (C=O) groups is 1. The summed E-state index contributed by atoms with van der Waals surface area (Å²) in [5, 5.41) is 0. The van der Waals surface area contributed by atoms with Gasteiger partial charge in [0.15, 0.2) is 0 Å². The molecule has 2 bridgehead atoms. The zero-order valence-electron chi connectivity index (χ0n) is 7.23. The summed E-state index contributed by atoms with van der Waals surface area (Å²) in [6.45, 7) is 0. The van der Waals surface area contributed by atoms with Crippen molar-refractivity contribution in [3.8, 4) is 0 Å². The molecule has 0 N–H and O–H groups in total. The number of ether oxygens (including phenoxy) is 1. The van der Waals surface area contributed by atoms with Crippen molar-refractivity contribution in [1.29, 1.82) is 0 Å². The molecule has 4 atom stereocenters. The molecule has 2 aliphatic heterocycles. The Bertz CT molecular complexity index is 298. The fourth-order valence-electron chi connectivity index (χ4n) is 2.32. The minimum Gasteiger partial charge on any atom is -0.467 e. The Kier molecular flexibility index (Phi) is 1.24. The van der Waals surface area contributed by atoms with Gasteiger partial charge in [0, 0.05) is 5.92 Å². The number of hydrogen-bond donors (Lipinski definition) is 0. The highest BCUT2D eigenvalue weighted by atomic mass is 17.2. The van der Waals surface area contributed by atoms with Crippen molar-refractivity contribution in [2.75, 3.05) is 7.11 Å². The third-order valence-corrected chi connectivity index (χ3v) is 3.15. The van der Waals surface area contributed by atoms with Gasteiger partial charge in [-0.05, 0) is 18.4 Å². The van der Waals surface area contributed by atoms with Gasteiger partial charge in [-0.15, -0.1) is 0 Å². The van der Waals surface area contributed by atoms with Crippen molar-refractivity contribution in [2.24, 2.45) is 11.8 Å². The van der Waals surface area contributed by atoms with Crippen molar-refractivity contribution < 1.29 is 19.3 Å². The predicted molar refractivity (Wildman–Crippen MR) is 41.4 cm³/mol. The molecule has 2 unspecified atom stereocenters. The van der Waals surface area contributed by atoms with Crippen LogP contribution in [0.1, 0.15) is 6.42 Å². The van der Waals surface area contributed by atoms with Crippen LogP contribution in [0.4, 0.5) is 0 Å². The Morgan fingerprint density at radius 1 is 1.69 bits per heavy atom. The molecule has 0 aromatic rings. The normalized spacial score (nSPS) is 50.1. The van der Waals surface area contributed by atoms with E-state index >= 15 is 0 Å². The van der Waals surface area contributed by atoms with Crippen LogP contribution in [0.3, 0.4) is 0 Å². The Labute approximate surface area is 75.4 Å². The minimum absolute atomic E-state index is 0.0523. The van der Waals surface area contributed by atoms with E-state index in [1.54, 1.807) is 6.08 Å². The summed E-state index contributed by atoms with van der Waals surface area (Å²) in [7, 11) is 1.37. The van der Waals surface area contributed by atoms with E-state index in [4.69, 9.17) is 14.5 Å². The summed E-state index contributed by atoms with van der Waals surface area (Å²) in [6, 6.07) is 0. The average molecular weight is 182 g/mol. The van der Waals surface area contributed by atoms with Crippen LogP contribution in [0.5, 0.6) is 0 Å². The largest absolute Gasteiger partial charge is 0.467 e. The van der Waals surface area contributed by atoms with E-state index in [0.717, 1.165) is 6.42 Å². The summed E-state index contributed by atoms with van der Waals surface area (Å²) >= 11 is 0. The number of methoxy groups -OCH3 is 1. The molecule has 1 saturated heterocycles. The van der Waals surface area contributed by atoms with Crippen molar-refractivity contribution in [3.63, 3.8) is 0 Å². The van der Waals surface area contributed by atoms with Crippen LogP contribution in [0.25, 0.3) is 0 Å². The van der Waals surface area contributed by atoms with E-state index in [1.807, 2.05) is 6.08 Å². The molecule has 13 heavy (non-hydrogen) atoms. The SMILES string of the molecule is COC(=O)[C@@]12C=C[C@@H](OO1)C1CC12. The van der Waals surface area contributed by atoms with Crippen LogP contribution in [0.15, 0.2) is 12.2 Å². The molecule has 0 aromatic heterocycles. The average Bonchev–Trinajstić information content (AvgIpc) is 2.99. The van der Waals surface area contributed by atoms with Gasteiger partial charge in [-0.1, -0.05) is 6.08 Å². The number of fused-ring (bicyclic) bond motifs is 1. The Balaban J connectivity index is 2.01. The zero-order chi connectivity index (χ0) is 9.05. The Hall–Kier alpha value is -0.870. The number of carbonyl (C=O) groups excluding carboxylic acids is 1. The fourth-order valence-corrected chi connectivity index (χ4v) is 2.32. The first-order valence-electron chi connectivity index (χ1n) is 4.40. The molecule has 2 heterocycles.